The number of anilines is 2. The minimum atomic E-state index is -0.500. The molecule has 2 aliphatic rings. The molecule has 2 saturated heterocycles. The molecule has 1 N–H and O–H groups in total. The monoisotopic (exact) mass is 388 g/mol. The first-order chi connectivity index (χ1) is 13.0. The van der Waals surface area contributed by atoms with E-state index in [0.29, 0.717) is 55.8 Å². The smallest absolute Gasteiger partial charge is 0.272 e. The summed E-state index contributed by atoms with van der Waals surface area (Å²) in [5, 5.41) is 3.75. The number of amides is 1. The van der Waals surface area contributed by atoms with Gasteiger partial charge in [-0.3, -0.25) is 4.79 Å². The Morgan fingerprint density at radius 2 is 1.96 bits per heavy atom. The standard InChI is InChI=1S/C19H21ClN4O3/c1-13-2-3-14(12-15(13)20)22-18-21-7-4-16(23-18)17(25)24-8-5-19(6-9-24)26-10-11-27-19/h2-4,7,12H,5-6,8-11H2,1H3,(H,21,22,23). The lowest BCUT2D eigenvalue weighted by molar-refractivity contribution is -0.181. The van der Waals surface area contributed by atoms with E-state index >= 15 is 0 Å². The number of aryl methyl sites for hydroxylation is 1. The van der Waals surface area contributed by atoms with Gasteiger partial charge in [-0.05, 0) is 30.7 Å². The number of hydrogen-bond donors (Lipinski definition) is 1. The van der Waals surface area contributed by atoms with Crippen LogP contribution in [0.3, 0.4) is 0 Å². The summed E-state index contributed by atoms with van der Waals surface area (Å²) in [6.45, 7) is 4.35. The fourth-order valence-electron chi connectivity index (χ4n) is 3.34. The Morgan fingerprint density at radius 3 is 2.67 bits per heavy atom. The van der Waals surface area contributed by atoms with E-state index in [-0.39, 0.29) is 5.91 Å². The van der Waals surface area contributed by atoms with Crippen molar-refractivity contribution in [2.75, 3.05) is 31.6 Å². The molecule has 142 valence electrons. The van der Waals surface area contributed by atoms with Gasteiger partial charge in [-0.1, -0.05) is 17.7 Å². The number of aromatic nitrogens is 2. The van der Waals surface area contributed by atoms with Crippen molar-refractivity contribution in [3.8, 4) is 0 Å². The Labute approximate surface area is 162 Å². The second-order valence-corrected chi connectivity index (χ2v) is 7.16. The molecule has 2 aromatic rings. The fraction of sp³-hybridized carbons (Fsp3) is 0.421. The molecule has 27 heavy (non-hydrogen) atoms. The Morgan fingerprint density at radius 1 is 1.22 bits per heavy atom. The van der Waals surface area contributed by atoms with Crippen molar-refractivity contribution in [1.82, 2.24) is 14.9 Å². The highest BCUT2D eigenvalue weighted by molar-refractivity contribution is 6.31. The molecule has 4 rings (SSSR count). The quantitative estimate of drug-likeness (QED) is 0.870. The first-order valence-electron chi connectivity index (χ1n) is 8.98. The van der Waals surface area contributed by atoms with Gasteiger partial charge in [-0.25, -0.2) is 9.97 Å². The fourth-order valence-corrected chi connectivity index (χ4v) is 3.52. The van der Waals surface area contributed by atoms with Crippen LogP contribution < -0.4 is 5.32 Å². The molecule has 7 nitrogen and oxygen atoms in total. The van der Waals surface area contributed by atoms with Crippen molar-refractivity contribution >= 4 is 29.1 Å². The number of rotatable bonds is 3. The van der Waals surface area contributed by atoms with E-state index in [0.717, 1.165) is 11.3 Å². The number of nitrogens with one attached hydrogen (secondary N) is 1. The van der Waals surface area contributed by atoms with E-state index in [1.54, 1.807) is 23.2 Å². The molecule has 1 spiro atoms. The first kappa shape index (κ1) is 18.2. The Bertz CT molecular complexity index is 845. The highest BCUT2D eigenvalue weighted by atomic mass is 35.5. The normalized spacial score (nSPS) is 18.7. The van der Waals surface area contributed by atoms with Crippen LogP contribution in [0, 0.1) is 6.92 Å². The molecule has 3 heterocycles. The second kappa shape index (κ2) is 7.42. The van der Waals surface area contributed by atoms with Gasteiger partial charge in [0.1, 0.15) is 5.69 Å². The third-order valence-electron chi connectivity index (χ3n) is 4.93. The summed E-state index contributed by atoms with van der Waals surface area (Å²) in [6.07, 6.45) is 2.93. The average molecular weight is 389 g/mol. The molecule has 0 radical (unpaired) electrons. The number of ether oxygens (including phenoxy) is 2. The Hall–Kier alpha value is -2.22. The van der Waals surface area contributed by atoms with E-state index in [4.69, 9.17) is 21.1 Å². The number of nitrogens with zero attached hydrogens (tertiary/aromatic N) is 3. The topological polar surface area (TPSA) is 76.6 Å². The van der Waals surface area contributed by atoms with Crippen molar-refractivity contribution in [3.63, 3.8) is 0 Å². The predicted octanol–water partition coefficient (Wildman–Crippen LogP) is 3.16. The second-order valence-electron chi connectivity index (χ2n) is 6.75. The van der Waals surface area contributed by atoms with Crippen LogP contribution in [0.5, 0.6) is 0 Å². The van der Waals surface area contributed by atoms with Gasteiger partial charge in [0.05, 0.1) is 13.2 Å². The molecule has 1 aromatic carbocycles. The summed E-state index contributed by atoms with van der Waals surface area (Å²) >= 11 is 6.15. The van der Waals surface area contributed by atoms with Gasteiger partial charge < -0.3 is 19.7 Å². The van der Waals surface area contributed by atoms with Crippen LogP contribution in [0.25, 0.3) is 0 Å². The molecule has 8 heteroatoms. The van der Waals surface area contributed by atoms with Crippen LogP contribution in [0.4, 0.5) is 11.6 Å². The number of carbonyl (C=O) groups is 1. The molecule has 2 aliphatic heterocycles. The molecule has 0 bridgehead atoms. The lowest BCUT2D eigenvalue weighted by Gasteiger charge is -2.37. The number of hydrogen-bond acceptors (Lipinski definition) is 6. The molecular weight excluding hydrogens is 368 g/mol. The summed E-state index contributed by atoms with van der Waals surface area (Å²) in [5.74, 6) is -0.258. The summed E-state index contributed by atoms with van der Waals surface area (Å²) in [5.41, 5.74) is 2.12. The number of halogens is 1. The maximum absolute atomic E-state index is 12.8. The number of piperidine rings is 1. The Kier molecular flexibility index (Phi) is 4.99. The Balaban J connectivity index is 1.44. The summed E-state index contributed by atoms with van der Waals surface area (Å²) < 4.78 is 11.4. The predicted molar refractivity (Wildman–Crippen MR) is 101 cm³/mol. The van der Waals surface area contributed by atoms with E-state index in [1.807, 2.05) is 19.1 Å². The van der Waals surface area contributed by atoms with Crippen molar-refractivity contribution < 1.29 is 14.3 Å². The third-order valence-corrected chi connectivity index (χ3v) is 5.34. The highest BCUT2D eigenvalue weighted by Gasteiger charge is 2.41. The lowest BCUT2D eigenvalue weighted by Crippen LogP contribution is -2.47. The van der Waals surface area contributed by atoms with Crippen molar-refractivity contribution in [1.29, 1.82) is 0 Å². The van der Waals surface area contributed by atoms with Gasteiger partial charge in [-0.2, -0.15) is 0 Å². The minimum absolute atomic E-state index is 0.116. The maximum Gasteiger partial charge on any atom is 0.272 e. The minimum Gasteiger partial charge on any atom is -0.347 e. The van der Waals surface area contributed by atoms with Gasteiger partial charge in [-0.15, -0.1) is 0 Å². The van der Waals surface area contributed by atoms with E-state index in [1.165, 1.54) is 0 Å². The maximum atomic E-state index is 12.8. The van der Waals surface area contributed by atoms with Gasteiger partial charge in [0, 0.05) is 42.8 Å². The zero-order chi connectivity index (χ0) is 18.9. The number of likely N-dealkylation sites (tertiary alicyclic amines) is 1. The van der Waals surface area contributed by atoms with Gasteiger partial charge >= 0.3 is 0 Å². The molecule has 1 aromatic heterocycles. The molecule has 2 fully saturated rings. The van der Waals surface area contributed by atoms with Crippen LogP contribution in [-0.2, 0) is 9.47 Å². The summed E-state index contributed by atoms with van der Waals surface area (Å²) in [6, 6.07) is 7.24. The molecule has 0 aliphatic carbocycles. The molecule has 0 atom stereocenters. The van der Waals surface area contributed by atoms with Crippen molar-refractivity contribution in [2.24, 2.45) is 0 Å². The average Bonchev–Trinajstić information content (AvgIpc) is 3.13. The largest absolute Gasteiger partial charge is 0.347 e. The van der Waals surface area contributed by atoms with Crippen molar-refractivity contribution in [3.05, 3.63) is 46.7 Å². The zero-order valence-corrected chi connectivity index (χ0v) is 15.8. The summed E-state index contributed by atoms with van der Waals surface area (Å²) in [4.78, 5) is 23.2. The van der Waals surface area contributed by atoms with Gasteiger partial charge in [0.25, 0.3) is 5.91 Å². The SMILES string of the molecule is Cc1ccc(Nc2nccc(C(=O)N3CCC4(CC3)OCCO4)n2)cc1Cl. The summed E-state index contributed by atoms with van der Waals surface area (Å²) in [7, 11) is 0. The van der Waals surface area contributed by atoms with E-state index in [2.05, 4.69) is 15.3 Å². The first-order valence-corrected chi connectivity index (χ1v) is 9.36. The number of benzene rings is 1. The third kappa shape index (κ3) is 3.90. The molecule has 0 unspecified atom stereocenters. The van der Waals surface area contributed by atoms with E-state index in [9.17, 15) is 4.79 Å². The lowest BCUT2D eigenvalue weighted by atomic mass is 10.0. The van der Waals surface area contributed by atoms with Crippen LogP contribution in [0.15, 0.2) is 30.5 Å². The highest BCUT2D eigenvalue weighted by Crippen LogP contribution is 2.31. The molecular formula is C19H21ClN4O3. The number of carbonyl (C=O) groups excluding carboxylic acids is 1. The van der Waals surface area contributed by atoms with Gasteiger partial charge in [0.15, 0.2) is 5.79 Å². The van der Waals surface area contributed by atoms with Crippen LogP contribution in [0.2, 0.25) is 5.02 Å². The van der Waals surface area contributed by atoms with Crippen LogP contribution >= 0.6 is 11.6 Å². The van der Waals surface area contributed by atoms with Crippen LogP contribution in [0.1, 0.15) is 28.9 Å². The zero-order valence-electron chi connectivity index (χ0n) is 15.1. The van der Waals surface area contributed by atoms with Gasteiger partial charge in [0.2, 0.25) is 5.95 Å². The van der Waals surface area contributed by atoms with Crippen molar-refractivity contribution in [2.45, 2.75) is 25.6 Å². The van der Waals surface area contributed by atoms with E-state index < -0.39 is 5.79 Å². The molecule has 0 saturated carbocycles. The molecule has 1 amide bonds. The van der Waals surface area contributed by atoms with Crippen LogP contribution in [-0.4, -0.2) is 52.9 Å².